The molecule has 2 atom stereocenters. The first-order chi connectivity index (χ1) is 5.37. The smallest absolute Gasteiger partial charge is 0.264 e. The normalized spacial score (nSPS) is 16.9. The molecular formula is C8H16O3S. The van der Waals surface area contributed by atoms with E-state index in [9.17, 15) is 8.42 Å². The van der Waals surface area contributed by atoms with Crippen LogP contribution in [0.1, 0.15) is 13.8 Å². The highest BCUT2D eigenvalue weighted by atomic mass is 32.2. The fourth-order valence-electron chi connectivity index (χ4n) is 0.615. The van der Waals surface area contributed by atoms with Crippen LogP contribution in [-0.4, -0.2) is 21.3 Å². The zero-order chi connectivity index (χ0) is 9.78. The van der Waals surface area contributed by atoms with Crippen LogP contribution in [0.25, 0.3) is 0 Å². The van der Waals surface area contributed by atoms with Crippen molar-refractivity contribution in [3.63, 3.8) is 0 Å². The molecule has 0 saturated heterocycles. The topological polar surface area (TPSA) is 43.4 Å². The van der Waals surface area contributed by atoms with Crippen molar-refractivity contribution in [2.45, 2.75) is 13.8 Å². The molecule has 4 heteroatoms. The van der Waals surface area contributed by atoms with E-state index in [4.69, 9.17) is 0 Å². The third kappa shape index (κ3) is 5.32. The second-order valence-electron chi connectivity index (χ2n) is 3.06. The summed E-state index contributed by atoms with van der Waals surface area (Å²) in [7, 11) is -3.30. The zero-order valence-corrected chi connectivity index (χ0v) is 8.60. The van der Waals surface area contributed by atoms with Crippen LogP contribution in [0.15, 0.2) is 12.7 Å². The lowest BCUT2D eigenvalue weighted by Crippen LogP contribution is -2.15. The van der Waals surface area contributed by atoms with Gasteiger partial charge < -0.3 is 0 Å². The van der Waals surface area contributed by atoms with Crippen molar-refractivity contribution in [3.8, 4) is 0 Å². The fraction of sp³-hybridized carbons (Fsp3) is 0.750. The molecule has 0 heterocycles. The molecule has 0 saturated carbocycles. The molecule has 0 aliphatic rings. The van der Waals surface area contributed by atoms with Crippen molar-refractivity contribution in [2.24, 2.45) is 11.8 Å². The Hall–Kier alpha value is -0.350. The van der Waals surface area contributed by atoms with Gasteiger partial charge in [0.25, 0.3) is 10.1 Å². The quantitative estimate of drug-likeness (QED) is 0.489. The van der Waals surface area contributed by atoms with Crippen LogP contribution in [0.3, 0.4) is 0 Å². The standard InChI is InChI=1S/C8H16O3S/c1-5-7(2)8(3)6-11-12(4,9)10/h5,7-8H,1,6H2,2-4H3/t7-,8+/m0/s1. The SMILES string of the molecule is C=C[C@H](C)[C@H](C)COS(C)(=O)=O. The minimum Gasteiger partial charge on any atom is -0.270 e. The maximum absolute atomic E-state index is 10.6. The van der Waals surface area contributed by atoms with Crippen LogP contribution in [-0.2, 0) is 14.3 Å². The predicted molar refractivity (Wildman–Crippen MR) is 49.3 cm³/mol. The molecule has 0 aliphatic carbocycles. The number of hydrogen-bond acceptors (Lipinski definition) is 3. The van der Waals surface area contributed by atoms with Crippen LogP contribution in [0.4, 0.5) is 0 Å². The van der Waals surface area contributed by atoms with Crippen LogP contribution in [0.5, 0.6) is 0 Å². The molecule has 0 aromatic carbocycles. The van der Waals surface area contributed by atoms with Crippen LogP contribution in [0.2, 0.25) is 0 Å². The maximum atomic E-state index is 10.6. The Kier molecular flexibility index (Phi) is 4.49. The Labute approximate surface area is 74.6 Å². The molecule has 0 radical (unpaired) electrons. The first-order valence-corrected chi connectivity index (χ1v) is 5.65. The van der Waals surface area contributed by atoms with Crippen molar-refractivity contribution in [1.82, 2.24) is 0 Å². The molecule has 0 spiro atoms. The zero-order valence-electron chi connectivity index (χ0n) is 7.78. The summed E-state index contributed by atoms with van der Waals surface area (Å²) in [5.41, 5.74) is 0. The Morgan fingerprint density at radius 1 is 1.50 bits per heavy atom. The largest absolute Gasteiger partial charge is 0.270 e. The van der Waals surface area contributed by atoms with Gasteiger partial charge in [0.15, 0.2) is 0 Å². The van der Waals surface area contributed by atoms with Gasteiger partial charge in [0.2, 0.25) is 0 Å². The molecule has 0 rings (SSSR count). The van der Waals surface area contributed by atoms with E-state index in [-0.39, 0.29) is 18.4 Å². The Morgan fingerprint density at radius 2 is 2.00 bits per heavy atom. The average Bonchev–Trinajstić information content (AvgIpc) is 1.97. The van der Waals surface area contributed by atoms with E-state index >= 15 is 0 Å². The fourth-order valence-corrected chi connectivity index (χ4v) is 1.08. The second-order valence-corrected chi connectivity index (χ2v) is 4.70. The molecule has 12 heavy (non-hydrogen) atoms. The monoisotopic (exact) mass is 192 g/mol. The van der Waals surface area contributed by atoms with Gasteiger partial charge >= 0.3 is 0 Å². The molecule has 0 fully saturated rings. The van der Waals surface area contributed by atoms with Crippen molar-refractivity contribution < 1.29 is 12.6 Å². The van der Waals surface area contributed by atoms with Crippen LogP contribution < -0.4 is 0 Å². The highest BCUT2D eigenvalue weighted by Crippen LogP contribution is 2.12. The molecule has 0 N–H and O–H groups in total. The van der Waals surface area contributed by atoms with E-state index in [0.717, 1.165) is 6.26 Å². The van der Waals surface area contributed by atoms with Crippen LogP contribution >= 0.6 is 0 Å². The first-order valence-electron chi connectivity index (χ1n) is 3.83. The van der Waals surface area contributed by atoms with Gasteiger partial charge in [0.1, 0.15) is 0 Å². The molecule has 0 aromatic rings. The maximum Gasteiger partial charge on any atom is 0.264 e. The number of allylic oxidation sites excluding steroid dienone is 1. The third-order valence-corrected chi connectivity index (χ3v) is 2.38. The van der Waals surface area contributed by atoms with Gasteiger partial charge in [0, 0.05) is 0 Å². The van der Waals surface area contributed by atoms with Gasteiger partial charge in [-0.1, -0.05) is 19.9 Å². The molecule has 0 unspecified atom stereocenters. The Bertz CT molecular complexity index is 231. The summed E-state index contributed by atoms with van der Waals surface area (Å²) in [5, 5.41) is 0. The Morgan fingerprint density at radius 3 is 2.33 bits per heavy atom. The third-order valence-electron chi connectivity index (χ3n) is 1.81. The van der Waals surface area contributed by atoms with Gasteiger partial charge in [-0.05, 0) is 11.8 Å². The lowest BCUT2D eigenvalue weighted by atomic mass is 9.97. The van der Waals surface area contributed by atoms with Crippen molar-refractivity contribution >= 4 is 10.1 Å². The molecule has 0 aromatic heterocycles. The van der Waals surface area contributed by atoms with Crippen LogP contribution in [0, 0.1) is 11.8 Å². The minimum absolute atomic E-state index is 0.178. The van der Waals surface area contributed by atoms with Gasteiger partial charge in [0.05, 0.1) is 12.9 Å². The minimum atomic E-state index is -3.30. The average molecular weight is 192 g/mol. The van der Waals surface area contributed by atoms with E-state index in [1.807, 2.05) is 13.8 Å². The van der Waals surface area contributed by atoms with E-state index in [1.54, 1.807) is 6.08 Å². The number of rotatable bonds is 5. The highest BCUT2D eigenvalue weighted by molar-refractivity contribution is 7.85. The van der Waals surface area contributed by atoms with Gasteiger partial charge in [-0.2, -0.15) is 8.42 Å². The second kappa shape index (κ2) is 4.62. The van der Waals surface area contributed by atoms with E-state index < -0.39 is 10.1 Å². The van der Waals surface area contributed by atoms with E-state index in [1.165, 1.54) is 0 Å². The van der Waals surface area contributed by atoms with Crippen molar-refractivity contribution in [1.29, 1.82) is 0 Å². The molecule has 0 bridgehead atoms. The summed E-state index contributed by atoms with van der Waals surface area (Å²) in [4.78, 5) is 0. The lowest BCUT2D eigenvalue weighted by molar-refractivity contribution is 0.241. The molecule has 3 nitrogen and oxygen atoms in total. The summed E-state index contributed by atoms with van der Waals surface area (Å²) in [6, 6.07) is 0. The van der Waals surface area contributed by atoms with Gasteiger partial charge in [-0.3, -0.25) is 4.18 Å². The summed E-state index contributed by atoms with van der Waals surface area (Å²) in [6.07, 6.45) is 2.84. The summed E-state index contributed by atoms with van der Waals surface area (Å²) in [5.74, 6) is 0.448. The molecule has 0 aliphatic heterocycles. The Balaban J connectivity index is 3.87. The summed E-state index contributed by atoms with van der Waals surface area (Å²) >= 11 is 0. The van der Waals surface area contributed by atoms with Crippen molar-refractivity contribution in [3.05, 3.63) is 12.7 Å². The summed E-state index contributed by atoms with van der Waals surface area (Å²) < 4.78 is 25.8. The molecule has 0 amide bonds. The van der Waals surface area contributed by atoms with Crippen molar-refractivity contribution in [2.75, 3.05) is 12.9 Å². The lowest BCUT2D eigenvalue weighted by Gasteiger charge is -2.14. The number of hydrogen-bond donors (Lipinski definition) is 0. The predicted octanol–water partition coefficient (Wildman–Crippen LogP) is 1.42. The highest BCUT2D eigenvalue weighted by Gasteiger charge is 2.11. The first kappa shape index (κ1) is 11.6. The molecule has 72 valence electrons. The molecular weight excluding hydrogens is 176 g/mol. The summed E-state index contributed by atoms with van der Waals surface area (Å²) in [6.45, 7) is 7.75. The van der Waals surface area contributed by atoms with Gasteiger partial charge in [-0.15, -0.1) is 6.58 Å². The van der Waals surface area contributed by atoms with Gasteiger partial charge in [-0.25, -0.2) is 0 Å². The van der Waals surface area contributed by atoms with E-state index in [2.05, 4.69) is 10.8 Å². The van der Waals surface area contributed by atoms with E-state index in [0.29, 0.717) is 0 Å².